The number of allylic oxidation sites excluding steroid dienone is 1. The summed E-state index contributed by atoms with van der Waals surface area (Å²) in [6.07, 6.45) is 5.25. The Balaban J connectivity index is 1.60. The molecule has 1 aliphatic carbocycles. The molecule has 0 fully saturated rings. The standard InChI is InChI=1S/C27H21NO2/c1-16-12-23-22-4-2-3-5-25(22)30-27(23)24(13-16)26-21-9-7-17(14-19(21)10-11-28-26)18-6-8-20(29)15-18/h2-5,7,9-15,20,29H,6,8H2,1H3. The minimum atomic E-state index is -0.322. The lowest BCUT2D eigenvalue weighted by Gasteiger charge is -2.10. The number of pyridine rings is 1. The minimum absolute atomic E-state index is 0.322. The van der Waals surface area contributed by atoms with Gasteiger partial charge < -0.3 is 9.52 Å². The number of nitrogens with zero attached hydrogens (tertiary/aromatic N) is 1. The second kappa shape index (κ2) is 6.54. The number of aromatic nitrogens is 1. The molecule has 1 atom stereocenters. The molecule has 5 aromatic rings. The number of rotatable bonds is 2. The van der Waals surface area contributed by atoms with Crippen LogP contribution in [-0.4, -0.2) is 16.2 Å². The molecule has 146 valence electrons. The number of fused-ring (bicyclic) bond motifs is 4. The van der Waals surface area contributed by atoms with Gasteiger partial charge in [-0.1, -0.05) is 36.4 Å². The highest BCUT2D eigenvalue weighted by molar-refractivity contribution is 6.12. The summed E-state index contributed by atoms with van der Waals surface area (Å²) in [6.45, 7) is 2.12. The number of para-hydroxylation sites is 1. The molecule has 0 bridgehead atoms. The Morgan fingerprint density at radius 1 is 0.967 bits per heavy atom. The molecule has 1 aliphatic rings. The summed E-state index contributed by atoms with van der Waals surface area (Å²) < 4.78 is 6.28. The van der Waals surface area contributed by atoms with Gasteiger partial charge in [0.25, 0.3) is 0 Å². The van der Waals surface area contributed by atoms with E-state index in [1.165, 1.54) is 16.7 Å². The molecule has 30 heavy (non-hydrogen) atoms. The Morgan fingerprint density at radius 3 is 2.73 bits per heavy atom. The Bertz CT molecular complexity index is 1480. The highest BCUT2D eigenvalue weighted by atomic mass is 16.3. The van der Waals surface area contributed by atoms with Crippen molar-refractivity contribution < 1.29 is 9.52 Å². The third kappa shape index (κ3) is 2.66. The molecule has 0 saturated carbocycles. The first kappa shape index (κ1) is 17.4. The van der Waals surface area contributed by atoms with Gasteiger partial charge in [0.05, 0.1) is 11.8 Å². The zero-order valence-electron chi connectivity index (χ0n) is 16.7. The van der Waals surface area contributed by atoms with Crippen LogP contribution in [0.2, 0.25) is 0 Å². The molecular weight excluding hydrogens is 370 g/mol. The van der Waals surface area contributed by atoms with Gasteiger partial charge in [0.1, 0.15) is 11.2 Å². The average molecular weight is 391 g/mol. The fraction of sp³-hybridized carbons (Fsp3) is 0.148. The molecule has 1 N–H and O–H groups in total. The van der Waals surface area contributed by atoms with Crippen molar-refractivity contribution in [1.29, 1.82) is 0 Å². The van der Waals surface area contributed by atoms with Crippen LogP contribution in [0.4, 0.5) is 0 Å². The first-order valence-electron chi connectivity index (χ1n) is 10.4. The van der Waals surface area contributed by atoms with Crippen molar-refractivity contribution in [2.24, 2.45) is 0 Å². The molecule has 0 saturated heterocycles. The van der Waals surface area contributed by atoms with E-state index in [0.717, 1.165) is 56.8 Å². The van der Waals surface area contributed by atoms with Gasteiger partial charge in [-0.2, -0.15) is 0 Å². The van der Waals surface area contributed by atoms with E-state index >= 15 is 0 Å². The van der Waals surface area contributed by atoms with Crippen LogP contribution < -0.4 is 0 Å². The maximum absolute atomic E-state index is 9.86. The van der Waals surface area contributed by atoms with E-state index in [1.807, 2.05) is 30.5 Å². The molecular formula is C27H21NO2. The molecule has 1 unspecified atom stereocenters. The molecule has 0 aliphatic heterocycles. The summed E-state index contributed by atoms with van der Waals surface area (Å²) in [5.41, 5.74) is 7.32. The van der Waals surface area contributed by atoms with Crippen LogP contribution in [0.5, 0.6) is 0 Å². The lowest BCUT2D eigenvalue weighted by Crippen LogP contribution is -1.93. The predicted molar refractivity (Wildman–Crippen MR) is 122 cm³/mol. The van der Waals surface area contributed by atoms with E-state index in [2.05, 4.69) is 49.4 Å². The largest absolute Gasteiger partial charge is 0.455 e. The monoisotopic (exact) mass is 391 g/mol. The van der Waals surface area contributed by atoms with Crippen LogP contribution >= 0.6 is 0 Å². The van der Waals surface area contributed by atoms with E-state index in [1.54, 1.807) is 0 Å². The second-order valence-corrected chi connectivity index (χ2v) is 8.18. The molecule has 2 aromatic heterocycles. The fourth-order valence-corrected chi connectivity index (χ4v) is 4.68. The van der Waals surface area contributed by atoms with Gasteiger partial charge in [-0.25, -0.2) is 0 Å². The molecule has 0 radical (unpaired) electrons. The maximum Gasteiger partial charge on any atom is 0.144 e. The predicted octanol–water partition coefficient (Wildman–Crippen LogP) is 6.65. The van der Waals surface area contributed by atoms with Crippen LogP contribution in [0.3, 0.4) is 0 Å². The van der Waals surface area contributed by atoms with Crippen LogP contribution in [0.15, 0.2) is 77.4 Å². The molecule has 2 heterocycles. The molecule has 3 aromatic carbocycles. The first-order chi connectivity index (χ1) is 14.7. The lowest BCUT2D eigenvalue weighted by atomic mass is 9.96. The van der Waals surface area contributed by atoms with Crippen LogP contribution in [0.1, 0.15) is 24.0 Å². The van der Waals surface area contributed by atoms with Crippen LogP contribution in [-0.2, 0) is 0 Å². The second-order valence-electron chi connectivity index (χ2n) is 8.18. The average Bonchev–Trinajstić information content (AvgIpc) is 3.36. The summed E-state index contributed by atoms with van der Waals surface area (Å²) in [7, 11) is 0. The number of aliphatic hydroxyl groups is 1. The van der Waals surface area contributed by atoms with Gasteiger partial charge in [0.15, 0.2) is 0 Å². The van der Waals surface area contributed by atoms with E-state index in [0.29, 0.717) is 0 Å². The van der Waals surface area contributed by atoms with Crippen molar-refractivity contribution in [2.75, 3.05) is 0 Å². The van der Waals surface area contributed by atoms with Crippen molar-refractivity contribution in [1.82, 2.24) is 4.98 Å². The van der Waals surface area contributed by atoms with E-state index in [9.17, 15) is 5.11 Å². The lowest BCUT2D eigenvalue weighted by molar-refractivity contribution is 0.223. The van der Waals surface area contributed by atoms with Crippen molar-refractivity contribution in [3.05, 3.63) is 84.1 Å². The summed E-state index contributed by atoms with van der Waals surface area (Å²) in [5.74, 6) is 0. The number of hydrogen-bond acceptors (Lipinski definition) is 3. The van der Waals surface area contributed by atoms with Gasteiger partial charge in [0, 0.05) is 27.9 Å². The van der Waals surface area contributed by atoms with E-state index in [4.69, 9.17) is 9.40 Å². The SMILES string of the molecule is Cc1cc(-c2nccc3cc(C4=CC(O)CC4)ccc23)c2oc3ccccc3c2c1. The topological polar surface area (TPSA) is 46.3 Å². The van der Waals surface area contributed by atoms with Crippen LogP contribution in [0.25, 0.3) is 49.5 Å². The highest BCUT2D eigenvalue weighted by Gasteiger charge is 2.18. The number of furan rings is 1. The Kier molecular flexibility index (Phi) is 3.80. The van der Waals surface area contributed by atoms with Gasteiger partial charge in [-0.05, 0) is 72.2 Å². The van der Waals surface area contributed by atoms with Crippen molar-refractivity contribution in [3.63, 3.8) is 0 Å². The molecule has 3 nitrogen and oxygen atoms in total. The minimum Gasteiger partial charge on any atom is -0.455 e. The zero-order valence-corrected chi connectivity index (χ0v) is 16.7. The summed E-state index contributed by atoms with van der Waals surface area (Å²) >= 11 is 0. The maximum atomic E-state index is 9.86. The smallest absolute Gasteiger partial charge is 0.144 e. The molecule has 0 amide bonds. The number of benzene rings is 3. The number of aliphatic hydroxyl groups excluding tert-OH is 1. The number of hydrogen-bond donors (Lipinski definition) is 1. The highest BCUT2D eigenvalue weighted by Crippen LogP contribution is 2.39. The Morgan fingerprint density at radius 2 is 1.87 bits per heavy atom. The Hall–Kier alpha value is -3.43. The van der Waals surface area contributed by atoms with E-state index in [-0.39, 0.29) is 6.10 Å². The third-order valence-electron chi connectivity index (χ3n) is 6.12. The Labute approximate surface area is 174 Å². The van der Waals surface area contributed by atoms with Crippen molar-refractivity contribution in [2.45, 2.75) is 25.9 Å². The fourth-order valence-electron chi connectivity index (χ4n) is 4.68. The first-order valence-corrected chi connectivity index (χ1v) is 10.4. The summed E-state index contributed by atoms with van der Waals surface area (Å²) in [5, 5.41) is 14.4. The van der Waals surface area contributed by atoms with Crippen molar-refractivity contribution >= 4 is 38.3 Å². The third-order valence-corrected chi connectivity index (χ3v) is 6.12. The van der Waals surface area contributed by atoms with Gasteiger partial charge >= 0.3 is 0 Å². The quantitative estimate of drug-likeness (QED) is 0.366. The van der Waals surface area contributed by atoms with Crippen LogP contribution in [0, 0.1) is 6.92 Å². The van der Waals surface area contributed by atoms with Gasteiger partial charge in [-0.15, -0.1) is 0 Å². The summed E-state index contributed by atoms with van der Waals surface area (Å²) in [4.78, 5) is 4.76. The zero-order chi connectivity index (χ0) is 20.2. The van der Waals surface area contributed by atoms with E-state index < -0.39 is 0 Å². The van der Waals surface area contributed by atoms with Crippen molar-refractivity contribution in [3.8, 4) is 11.3 Å². The van der Waals surface area contributed by atoms with Gasteiger partial charge in [-0.3, -0.25) is 4.98 Å². The molecule has 6 rings (SSSR count). The molecule has 3 heteroatoms. The molecule has 0 spiro atoms. The normalized spacial score (nSPS) is 16.6. The number of aryl methyl sites for hydroxylation is 1. The summed E-state index contributed by atoms with van der Waals surface area (Å²) in [6, 6.07) is 21.1. The van der Waals surface area contributed by atoms with Gasteiger partial charge in [0.2, 0.25) is 0 Å².